The molecule has 130 valence electrons. The summed E-state index contributed by atoms with van der Waals surface area (Å²) in [6.07, 6.45) is 0. The Hall–Kier alpha value is -2.18. The van der Waals surface area contributed by atoms with Gasteiger partial charge in [-0.25, -0.2) is 14.8 Å². The lowest BCUT2D eigenvalue weighted by molar-refractivity contribution is 0.0531. The van der Waals surface area contributed by atoms with Gasteiger partial charge >= 0.3 is 5.97 Å². The second kappa shape index (κ2) is 7.37. The summed E-state index contributed by atoms with van der Waals surface area (Å²) in [6.45, 7) is 6.40. The SMILES string of the molecule is CCOC(=O)c1sc2nc(C)nc(NCc3ccccc3Cl)c2c1C. The molecule has 0 saturated heterocycles. The largest absolute Gasteiger partial charge is 0.462 e. The first kappa shape index (κ1) is 17.6. The average Bonchev–Trinajstić information content (AvgIpc) is 2.91. The van der Waals surface area contributed by atoms with Crippen molar-refractivity contribution in [1.82, 2.24) is 9.97 Å². The van der Waals surface area contributed by atoms with Gasteiger partial charge in [0.2, 0.25) is 0 Å². The first-order valence-corrected chi connectivity index (χ1v) is 9.12. The molecule has 0 amide bonds. The highest BCUT2D eigenvalue weighted by atomic mass is 35.5. The molecule has 0 unspecified atom stereocenters. The Morgan fingerprint density at radius 1 is 1.28 bits per heavy atom. The maximum absolute atomic E-state index is 12.2. The third-order valence-corrected chi connectivity index (χ3v) is 5.30. The molecule has 0 aliphatic carbocycles. The van der Waals surface area contributed by atoms with Gasteiger partial charge in [-0.05, 0) is 38.0 Å². The van der Waals surface area contributed by atoms with Gasteiger partial charge in [0.1, 0.15) is 21.3 Å². The summed E-state index contributed by atoms with van der Waals surface area (Å²) in [6, 6.07) is 7.66. The molecule has 0 radical (unpaired) electrons. The smallest absolute Gasteiger partial charge is 0.348 e. The minimum atomic E-state index is -0.322. The molecule has 0 fully saturated rings. The monoisotopic (exact) mass is 375 g/mol. The number of carbonyl (C=O) groups excluding carboxylic acids is 1. The zero-order valence-electron chi connectivity index (χ0n) is 14.2. The number of benzene rings is 1. The average molecular weight is 376 g/mol. The third-order valence-electron chi connectivity index (χ3n) is 3.77. The fraction of sp³-hybridized carbons (Fsp3) is 0.278. The van der Waals surface area contributed by atoms with Gasteiger partial charge in [-0.15, -0.1) is 11.3 Å². The van der Waals surface area contributed by atoms with E-state index in [2.05, 4.69) is 15.3 Å². The number of aromatic nitrogens is 2. The molecule has 0 saturated carbocycles. The van der Waals surface area contributed by atoms with E-state index in [9.17, 15) is 4.79 Å². The third kappa shape index (κ3) is 3.60. The van der Waals surface area contributed by atoms with Crippen LogP contribution in [0.3, 0.4) is 0 Å². The topological polar surface area (TPSA) is 64.1 Å². The molecule has 25 heavy (non-hydrogen) atoms. The summed E-state index contributed by atoms with van der Waals surface area (Å²) in [5.41, 5.74) is 1.81. The standard InChI is InChI=1S/C18H18ClN3O2S/c1-4-24-18(23)15-10(2)14-16(21-11(3)22-17(14)25-15)20-9-12-7-5-6-8-13(12)19/h5-8H,4,9H2,1-3H3,(H,20,21,22). The number of ether oxygens (including phenoxy) is 1. The van der Waals surface area contributed by atoms with Crippen LogP contribution < -0.4 is 5.32 Å². The van der Waals surface area contributed by atoms with Crippen LogP contribution in [0.25, 0.3) is 10.2 Å². The number of aryl methyl sites for hydroxylation is 2. The molecule has 3 rings (SSSR count). The van der Waals surface area contributed by atoms with Crippen LogP contribution in [0.5, 0.6) is 0 Å². The van der Waals surface area contributed by atoms with Crippen LogP contribution in [-0.4, -0.2) is 22.5 Å². The molecule has 0 bridgehead atoms. The van der Waals surface area contributed by atoms with Crippen LogP contribution in [0.2, 0.25) is 5.02 Å². The molecule has 0 aliphatic heterocycles. The second-order valence-electron chi connectivity index (χ2n) is 5.52. The molecular formula is C18H18ClN3O2S. The lowest BCUT2D eigenvalue weighted by atomic mass is 10.2. The molecule has 2 aromatic heterocycles. The number of nitrogens with one attached hydrogen (secondary N) is 1. The summed E-state index contributed by atoms with van der Waals surface area (Å²) in [7, 11) is 0. The van der Waals surface area contributed by atoms with Crippen LogP contribution in [0, 0.1) is 13.8 Å². The Morgan fingerprint density at radius 3 is 2.76 bits per heavy atom. The summed E-state index contributed by atoms with van der Waals surface area (Å²) in [4.78, 5) is 22.5. The van der Waals surface area contributed by atoms with E-state index in [-0.39, 0.29) is 5.97 Å². The van der Waals surface area contributed by atoms with E-state index in [1.165, 1.54) is 11.3 Å². The number of esters is 1. The van der Waals surface area contributed by atoms with Crippen molar-refractivity contribution in [3.05, 3.63) is 51.1 Å². The van der Waals surface area contributed by atoms with E-state index in [1.54, 1.807) is 6.92 Å². The fourth-order valence-electron chi connectivity index (χ4n) is 2.59. The molecule has 1 N–H and O–H groups in total. The maximum atomic E-state index is 12.2. The Kier molecular flexibility index (Phi) is 5.20. The molecule has 2 heterocycles. The number of rotatable bonds is 5. The van der Waals surface area contributed by atoms with E-state index in [0.717, 1.165) is 21.3 Å². The Bertz CT molecular complexity index is 939. The molecular weight excluding hydrogens is 358 g/mol. The number of hydrogen-bond acceptors (Lipinski definition) is 6. The predicted molar refractivity (Wildman–Crippen MR) is 102 cm³/mol. The quantitative estimate of drug-likeness (QED) is 0.652. The van der Waals surface area contributed by atoms with E-state index >= 15 is 0 Å². The maximum Gasteiger partial charge on any atom is 0.348 e. The molecule has 1 aromatic carbocycles. The van der Waals surface area contributed by atoms with Gasteiger partial charge in [-0.3, -0.25) is 0 Å². The number of anilines is 1. The fourth-order valence-corrected chi connectivity index (χ4v) is 3.91. The van der Waals surface area contributed by atoms with Gasteiger partial charge in [0.05, 0.1) is 12.0 Å². The first-order chi connectivity index (χ1) is 12.0. The minimum absolute atomic E-state index is 0.322. The van der Waals surface area contributed by atoms with Gasteiger partial charge in [0, 0.05) is 11.6 Å². The highest BCUT2D eigenvalue weighted by molar-refractivity contribution is 7.20. The van der Waals surface area contributed by atoms with E-state index < -0.39 is 0 Å². The van der Waals surface area contributed by atoms with Crippen LogP contribution in [0.4, 0.5) is 5.82 Å². The van der Waals surface area contributed by atoms with E-state index in [4.69, 9.17) is 16.3 Å². The molecule has 0 atom stereocenters. The number of nitrogens with zero attached hydrogens (tertiary/aromatic N) is 2. The summed E-state index contributed by atoms with van der Waals surface area (Å²) in [5.74, 6) is 1.02. The number of halogens is 1. The van der Waals surface area contributed by atoms with Crippen LogP contribution in [0.15, 0.2) is 24.3 Å². The van der Waals surface area contributed by atoms with Crippen molar-refractivity contribution in [2.24, 2.45) is 0 Å². The molecule has 3 aromatic rings. The van der Waals surface area contributed by atoms with Crippen molar-refractivity contribution < 1.29 is 9.53 Å². The van der Waals surface area contributed by atoms with Crippen molar-refractivity contribution in [2.75, 3.05) is 11.9 Å². The number of hydrogen-bond donors (Lipinski definition) is 1. The van der Waals surface area contributed by atoms with Gasteiger partial charge in [-0.2, -0.15) is 0 Å². The number of thiophene rings is 1. The molecule has 7 heteroatoms. The highest BCUT2D eigenvalue weighted by Crippen LogP contribution is 2.34. The van der Waals surface area contributed by atoms with Crippen molar-refractivity contribution in [1.29, 1.82) is 0 Å². The Labute approximate surface area is 155 Å². The van der Waals surface area contributed by atoms with Crippen LogP contribution in [-0.2, 0) is 11.3 Å². The lowest BCUT2D eigenvalue weighted by Gasteiger charge is -2.09. The van der Waals surface area contributed by atoms with Gasteiger partial charge in [0.25, 0.3) is 0 Å². The highest BCUT2D eigenvalue weighted by Gasteiger charge is 2.20. The summed E-state index contributed by atoms with van der Waals surface area (Å²) >= 11 is 7.55. The van der Waals surface area contributed by atoms with E-state index in [0.29, 0.717) is 34.7 Å². The van der Waals surface area contributed by atoms with Crippen molar-refractivity contribution in [2.45, 2.75) is 27.3 Å². The molecule has 0 aliphatic rings. The van der Waals surface area contributed by atoms with E-state index in [1.807, 2.05) is 38.1 Å². The predicted octanol–water partition coefficient (Wildman–Crippen LogP) is 4.75. The van der Waals surface area contributed by atoms with Gasteiger partial charge in [-0.1, -0.05) is 29.8 Å². The second-order valence-corrected chi connectivity index (χ2v) is 6.93. The minimum Gasteiger partial charge on any atom is -0.462 e. The Balaban J connectivity index is 2.00. The van der Waals surface area contributed by atoms with Crippen molar-refractivity contribution >= 4 is 44.9 Å². The van der Waals surface area contributed by atoms with Gasteiger partial charge in [0.15, 0.2) is 0 Å². The zero-order valence-corrected chi connectivity index (χ0v) is 15.8. The lowest BCUT2D eigenvalue weighted by Crippen LogP contribution is -2.05. The molecule has 0 spiro atoms. The van der Waals surface area contributed by atoms with Crippen LogP contribution >= 0.6 is 22.9 Å². The Morgan fingerprint density at radius 2 is 2.04 bits per heavy atom. The van der Waals surface area contributed by atoms with Gasteiger partial charge < -0.3 is 10.1 Å². The summed E-state index contributed by atoms with van der Waals surface area (Å²) < 4.78 is 5.14. The first-order valence-electron chi connectivity index (χ1n) is 7.93. The zero-order chi connectivity index (χ0) is 18.0. The van der Waals surface area contributed by atoms with Crippen molar-refractivity contribution in [3.63, 3.8) is 0 Å². The van der Waals surface area contributed by atoms with Crippen LogP contribution in [0.1, 0.15) is 33.5 Å². The molecule has 5 nitrogen and oxygen atoms in total. The van der Waals surface area contributed by atoms with Crippen molar-refractivity contribution in [3.8, 4) is 0 Å². The number of carbonyl (C=O) groups is 1. The summed E-state index contributed by atoms with van der Waals surface area (Å²) in [5, 5.41) is 4.88. The normalized spacial score (nSPS) is 10.9. The number of fused-ring (bicyclic) bond motifs is 1.